The van der Waals surface area contributed by atoms with Crippen LogP contribution in [0.2, 0.25) is 0 Å². The van der Waals surface area contributed by atoms with Gasteiger partial charge in [0.25, 0.3) is 5.91 Å². The summed E-state index contributed by atoms with van der Waals surface area (Å²) in [5.74, 6) is -0.513. The van der Waals surface area contributed by atoms with E-state index in [1.807, 2.05) is 22.8 Å². The first kappa shape index (κ1) is 21.8. The van der Waals surface area contributed by atoms with Crippen LogP contribution >= 0.6 is 0 Å². The molecule has 4 rings (SSSR count). The van der Waals surface area contributed by atoms with Gasteiger partial charge in [-0.1, -0.05) is 79.2 Å². The van der Waals surface area contributed by atoms with Gasteiger partial charge < -0.3 is 15.0 Å². The van der Waals surface area contributed by atoms with Crippen molar-refractivity contribution in [3.8, 4) is 0 Å². The van der Waals surface area contributed by atoms with Gasteiger partial charge in [-0.15, -0.1) is 0 Å². The average Bonchev–Trinajstić information content (AvgIpc) is 3.30. The Balaban J connectivity index is 1.35. The fourth-order valence-corrected chi connectivity index (χ4v) is 4.04. The molecule has 5 nitrogen and oxygen atoms in total. The number of hydrogen-bond acceptors (Lipinski definition) is 3. The Bertz CT molecular complexity index is 1150. The zero-order valence-electron chi connectivity index (χ0n) is 18.2. The number of amides is 1. The lowest BCUT2D eigenvalue weighted by atomic mass is 9.99. The summed E-state index contributed by atoms with van der Waals surface area (Å²) in [6, 6.07) is 25.3. The molecule has 0 saturated carbocycles. The number of unbranched alkanes of at least 4 members (excludes halogenated alkanes) is 1. The number of imidazole rings is 1. The van der Waals surface area contributed by atoms with Crippen molar-refractivity contribution in [3.05, 3.63) is 102 Å². The van der Waals surface area contributed by atoms with Crippen molar-refractivity contribution >= 4 is 16.7 Å². The molecule has 5 heteroatoms. The number of aryl methyl sites for hydroxylation is 1. The van der Waals surface area contributed by atoms with Crippen LogP contribution in [-0.4, -0.2) is 21.6 Å². The number of aromatic nitrogens is 2. The van der Waals surface area contributed by atoms with Gasteiger partial charge in [-0.2, -0.15) is 0 Å². The number of carbonyl (C=O) groups excluding carboxylic acids is 1. The molecule has 3 aromatic carbocycles. The second kappa shape index (κ2) is 10.7. The van der Waals surface area contributed by atoms with Crippen molar-refractivity contribution in [2.75, 3.05) is 0 Å². The van der Waals surface area contributed by atoms with Crippen molar-refractivity contribution in [1.82, 2.24) is 9.55 Å². The molecule has 0 aliphatic rings. The highest BCUT2D eigenvalue weighted by Gasteiger charge is 2.13. The molecule has 0 radical (unpaired) electrons. The summed E-state index contributed by atoms with van der Waals surface area (Å²) in [6.45, 7) is 1.20. The maximum atomic E-state index is 11.4. The van der Waals surface area contributed by atoms with Crippen LogP contribution in [0.5, 0.6) is 0 Å². The lowest BCUT2D eigenvalue weighted by Crippen LogP contribution is -2.20. The van der Waals surface area contributed by atoms with Crippen LogP contribution in [0.1, 0.15) is 40.9 Å². The Morgan fingerprint density at radius 2 is 1.75 bits per heavy atom. The number of fused-ring (bicyclic) bond motifs is 1. The molecular weight excluding hydrogens is 398 g/mol. The summed E-state index contributed by atoms with van der Waals surface area (Å²) in [5, 5.41) is 2.63. The molecule has 4 aromatic rings. The minimum Gasteiger partial charge on any atom is -0.372 e. The molecule has 1 amide bonds. The van der Waals surface area contributed by atoms with Crippen molar-refractivity contribution in [2.24, 2.45) is 5.73 Å². The fraction of sp³-hybridized carbons (Fsp3) is 0.259. The molecule has 1 aromatic heterocycles. The highest BCUT2D eigenvalue weighted by atomic mass is 16.5. The zero-order chi connectivity index (χ0) is 22.2. The standard InChI is InChI=1S/C27H29N3O2/c28-27(31)26-18-30(20-29-26)17-24(32-19-21-9-2-1-3-10-21)15-6-4-11-22-13-8-14-23-12-5-7-16-25(22)23/h1-3,5,7-10,12-14,16,18,20,24H,4,6,11,15,17,19H2,(H2,28,31). The highest BCUT2D eigenvalue weighted by Crippen LogP contribution is 2.21. The number of benzene rings is 3. The molecule has 0 aliphatic carbocycles. The number of hydrogen-bond donors (Lipinski definition) is 1. The van der Waals surface area contributed by atoms with E-state index in [0.29, 0.717) is 13.2 Å². The van der Waals surface area contributed by atoms with E-state index in [0.717, 1.165) is 31.2 Å². The van der Waals surface area contributed by atoms with E-state index in [9.17, 15) is 4.79 Å². The third-order valence-corrected chi connectivity index (χ3v) is 5.73. The number of carbonyl (C=O) groups is 1. The molecule has 0 saturated heterocycles. The molecule has 0 fully saturated rings. The second-order valence-corrected chi connectivity index (χ2v) is 8.12. The first-order chi connectivity index (χ1) is 15.7. The van der Waals surface area contributed by atoms with E-state index in [-0.39, 0.29) is 11.8 Å². The van der Waals surface area contributed by atoms with Gasteiger partial charge in [0.15, 0.2) is 0 Å². The van der Waals surface area contributed by atoms with Crippen molar-refractivity contribution in [2.45, 2.75) is 44.9 Å². The lowest BCUT2D eigenvalue weighted by Gasteiger charge is -2.19. The summed E-state index contributed by atoms with van der Waals surface area (Å²) >= 11 is 0. The molecule has 1 heterocycles. The largest absolute Gasteiger partial charge is 0.372 e. The SMILES string of the molecule is NC(=O)c1cn(CC(CCCCc2cccc3ccccc23)OCc2ccccc2)cn1. The molecule has 1 atom stereocenters. The first-order valence-electron chi connectivity index (χ1n) is 11.1. The number of ether oxygens (including phenoxy) is 1. The van der Waals surface area contributed by atoms with Gasteiger partial charge in [-0.3, -0.25) is 4.79 Å². The molecule has 0 bridgehead atoms. The Kier molecular flexibility index (Phi) is 7.31. The van der Waals surface area contributed by atoms with Crippen LogP contribution < -0.4 is 5.73 Å². The fourth-order valence-electron chi connectivity index (χ4n) is 4.04. The molecule has 0 spiro atoms. The van der Waals surface area contributed by atoms with Gasteiger partial charge in [0.1, 0.15) is 5.69 Å². The molecule has 32 heavy (non-hydrogen) atoms. The Labute approximate surface area is 188 Å². The molecule has 164 valence electrons. The first-order valence-corrected chi connectivity index (χ1v) is 11.1. The van der Waals surface area contributed by atoms with E-state index < -0.39 is 5.91 Å². The maximum absolute atomic E-state index is 11.4. The Hall–Kier alpha value is -3.44. The zero-order valence-corrected chi connectivity index (χ0v) is 18.2. The summed E-state index contributed by atoms with van der Waals surface area (Å²) in [5.41, 5.74) is 8.16. The quantitative estimate of drug-likeness (QED) is 0.337. The minimum absolute atomic E-state index is 0.0256. The maximum Gasteiger partial charge on any atom is 0.268 e. The van der Waals surface area contributed by atoms with Crippen LogP contribution in [-0.2, 0) is 24.3 Å². The summed E-state index contributed by atoms with van der Waals surface area (Å²) < 4.78 is 8.15. The Morgan fingerprint density at radius 1 is 0.969 bits per heavy atom. The summed E-state index contributed by atoms with van der Waals surface area (Å²) in [7, 11) is 0. The van der Waals surface area contributed by atoms with E-state index in [1.165, 1.54) is 16.3 Å². The molecule has 0 aliphatic heterocycles. The van der Waals surface area contributed by atoms with E-state index >= 15 is 0 Å². The van der Waals surface area contributed by atoms with Crippen LogP contribution in [0.3, 0.4) is 0 Å². The van der Waals surface area contributed by atoms with E-state index in [4.69, 9.17) is 10.5 Å². The molecule has 1 unspecified atom stereocenters. The van der Waals surface area contributed by atoms with Crippen molar-refractivity contribution in [1.29, 1.82) is 0 Å². The van der Waals surface area contributed by atoms with Gasteiger partial charge in [-0.05, 0) is 41.2 Å². The third-order valence-electron chi connectivity index (χ3n) is 5.73. The number of primary amides is 1. The predicted molar refractivity (Wildman–Crippen MR) is 127 cm³/mol. The molecular formula is C27H29N3O2. The smallest absolute Gasteiger partial charge is 0.268 e. The van der Waals surface area contributed by atoms with Gasteiger partial charge in [0.2, 0.25) is 0 Å². The minimum atomic E-state index is -0.513. The highest BCUT2D eigenvalue weighted by molar-refractivity contribution is 5.90. The lowest BCUT2D eigenvalue weighted by molar-refractivity contribution is 0.0222. The van der Waals surface area contributed by atoms with E-state index in [2.05, 4.69) is 59.6 Å². The van der Waals surface area contributed by atoms with Gasteiger partial charge >= 0.3 is 0 Å². The normalized spacial score (nSPS) is 12.1. The second-order valence-electron chi connectivity index (χ2n) is 8.12. The van der Waals surface area contributed by atoms with Crippen LogP contribution in [0.15, 0.2) is 85.3 Å². The average molecular weight is 428 g/mol. The number of nitrogens with zero attached hydrogens (tertiary/aromatic N) is 2. The van der Waals surface area contributed by atoms with Gasteiger partial charge in [-0.25, -0.2) is 4.98 Å². The van der Waals surface area contributed by atoms with E-state index in [1.54, 1.807) is 12.5 Å². The predicted octanol–water partition coefficient (Wildman–Crippen LogP) is 5.13. The number of nitrogens with two attached hydrogens (primary N) is 1. The van der Waals surface area contributed by atoms with Gasteiger partial charge in [0.05, 0.1) is 19.0 Å². The van der Waals surface area contributed by atoms with Crippen molar-refractivity contribution in [3.63, 3.8) is 0 Å². The number of rotatable bonds is 11. The van der Waals surface area contributed by atoms with Gasteiger partial charge in [0, 0.05) is 12.7 Å². The summed E-state index contributed by atoms with van der Waals surface area (Å²) in [4.78, 5) is 15.4. The van der Waals surface area contributed by atoms with Crippen LogP contribution in [0, 0.1) is 0 Å². The van der Waals surface area contributed by atoms with Crippen LogP contribution in [0.25, 0.3) is 10.8 Å². The van der Waals surface area contributed by atoms with Crippen LogP contribution in [0.4, 0.5) is 0 Å². The Morgan fingerprint density at radius 3 is 2.56 bits per heavy atom. The third kappa shape index (κ3) is 5.83. The topological polar surface area (TPSA) is 70.1 Å². The van der Waals surface area contributed by atoms with Crippen molar-refractivity contribution < 1.29 is 9.53 Å². The summed E-state index contributed by atoms with van der Waals surface area (Å²) in [6.07, 6.45) is 7.49. The monoisotopic (exact) mass is 427 g/mol. The molecule has 2 N–H and O–H groups in total.